The van der Waals surface area contributed by atoms with E-state index in [9.17, 15) is 4.79 Å². The standard InChI is InChI=1S/C24H27ClN4O2.C2H6/c1-4-17-6-8-18(9-7-17)15-29-12-10-19(11-13-29)28-23-21(16(3)26)22(25)20(14-27-23)24(30)31-5-2;1-2/h1,6-9,14,19,26H,5,10-13,15H2,2-3H3,(H,27,28);1-2H3. The van der Waals surface area contributed by atoms with Crippen LogP contribution < -0.4 is 5.32 Å². The molecule has 1 saturated heterocycles. The molecule has 176 valence electrons. The number of hydrogen-bond donors (Lipinski definition) is 2. The predicted octanol–water partition coefficient (Wildman–Crippen LogP) is 5.38. The maximum absolute atomic E-state index is 12.1. The van der Waals surface area contributed by atoms with Gasteiger partial charge in [-0.25, -0.2) is 9.78 Å². The monoisotopic (exact) mass is 468 g/mol. The first kappa shape index (κ1) is 26.4. The normalized spacial score (nSPS) is 13.9. The lowest BCUT2D eigenvalue weighted by molar-refractivity contribution is 0.0526. The van der Waals surface area contributed by atoms with Crippen LogP contribution in [0.25, 0.3) is 0 Å². The summed E-state index contributed by atoms with van der Waals surface area (Å²) in [6.45, 7) is 10.4. The van der Waals surface area contributed by atoms with Gasteiger partial charge in [0.2, 0.25) is 0 Å². The van der Waals surface area contributed by atoms with Crippen LogP contribution in [0.3, 0.4) is 0 Å². The van der Waals surface area contributed by atoms with Gasteiger partial charge in [-0.2, -0.15) is 0 Å². The van der Waals surface area contributed by atoms with Crippen molar-refractivity contribution in [1.29, 1.82) is 5.41 Å². The van der Waals surface area contributed by atoms with E-state index in [0.717, 1.165) is 38.0 Å². The van der Waals surface area contributed by atoms with Crippen LogP contribution in [0, 0.1) is 17.8 Å². The predicted molar refractivity (Wildman–Crippen MR) is 135 cm³/mol. The highest BCUT2D eigenvalue weighted by Gasteiger charge is 2.24. The summed E-state index contributed by atoms with van der Waals surface area (Å²) in [5.74, 6) is 2.65. The Kier molecular flexibility index (Phi) is 10.4. The third kappa shape index (κ3) is 7.05. The average molecular weight is 469 g/mol. The molecular weight excluding hydrogens is 436 g/mol. The maximum Gasteiger partial charge on any atom is 0.341 e. The molecule has 0 radical (unpaired) electrons. The number of likely N-dealkylation sites (tertiary alicyclic amines) is 1. The number of nitrogens with one attached hydrogen (secondary N) is 2. The van der Waals surface area contributed by atoms with E-state index >= 15 is 0 Å². The van der Waals surface area contributed by atoms with Crippen molar-refractivity contribution in [2.45, 2.75) is 53.1 Å². The Morgan fingerprint density at radius 3 is 2.48 bits per heavy atom. The molecule has 1 aromatic carbocycles. The fraction of sp³-hybridized carbons (Fsp3) is 0.423. The molecule has 2 N–H and O–H groups in total. The number of aromatic nitrogens is 1. The first-order chi connectivity index (χ1) is 15.9. The summed E-state index contributed by atoms with van der Waals surface area (Å²) in [5.41, 5.74) is 3.02. The first-order valence-electron chi connectivity index (χ1n) is 11.4. The number of terminal acetylenes is 1. The van der Waals surface area contributed by atoms with Crippen molar-refractivity contribution in [3.63, 3.8) is 0 Å². The number of hydrogen-bond acceptors (Lipinski definition) is 6. The third-order valence-electron chi connectivity index (χ3n) is 5.34. The zero-order valence-electron chi connectivity index (χ0n) is 19.9. The Hall–Kier alpha value is -2.88. The lowest BCUT2D eigenvalue weighted by Crippen LogP contribution is -2.39. The number of nitrogens with zero attached hydrogens (tertiary/aromatic N) is 2. The minimum Gasteiger partial charge on any atom is -0.462 e. The molecule has 2 aromatic rings. The molecule has 33 heavy (non-hydrogen) atoms. The summed E-state index contributed by atoms with van der Waals surface area (Å²) < 4.78 is 5.04. The Morgan fingerprint density at radius 1 is 1.30 bits per heavy atom. The Morgan fingerprint density at radius 2 is 1.94 bits per heavy atom. The molecule has 0 spiro atoms. The summed E-state index contributed by atoms with van der Waals surface area (Å²) in [4.78, 5) is 18.9. The maximum atomic E-state index is 12.1. The van der Waals surface area contributed by atoms with Crippen molar-refractivity contribution in [2.75, 3.05) is 25.0 Å². The number of piperidine rings is 1. The first-order valence-corrected chi connectivity index (χ1v) is 11.8. The molecule has 0 aliphatic carbocycles. The van der Waals surface area contributed by atoms with Crippen LogP contribution in [0.1, 0.15) is 67.6 Å². The SMILES string of the molecule is C#Cc1ccc(CN2CCC(Nc3ncc(C(=O)OCC)c(Cl)c3C(C)=N)CC2)cc1.CC. The number of carbonyl (C=O) groups excluding carboxylic acids is 1. The molecular formula is C26H33ClN4O2. The van der Waals surface area contributed by atoms with Crippen molar-refractivity contribution in [3.8, 4) is 12.3 Å². The molecule has 7 heteroatoms. The number of carbonyl (C=O) groups is 1. The fourth-order valence-corrected chi connectivity index (χ4v) is 4.04. The van der Waals surface area contributed by atoms with Gasteiger partial charge in [0.25, 0.3) is 0 Å². The van der Waals surface area contributed by atoms with E-state index < -0.39 is 5.97 Å². The Labute approximate surface area is 202 Å². The van der Waals surface area contributed by atoms with Gasteiger partial charge in [0.05, 0.1) is 22.8 Å². The van der Waals surface area contributed by atoms with E-state index in [0.29, 0.717) is 11.4 Å². The smallest absolute Gasteiger partial charge is 0.341 e. The summed E-state index contributed by atoms with van der Waals surface area (Å²) in [6.07, 6.45) is 8.73. The largest absolute Gasteiger partial charge is 0.462 e. The van der Waals surface area contributed by atoms with Crippen molar-refractivity contribution < 1.29 is 9.53 Å². The number of anilines is 1. The molecule has 1 fully saturated rings. The van der Waals surface area contributed by atoms with Crippen LogP contribution in [-0.4, -0.2) is 47.3 Å². The summed E-state index contributed by atoms with van der Waals surface area (Å²) >= 11 is 6.45. The highest BCUT2D eigenvalue weighted by Crippen LogP contribution is 2.29. The topological polar surface area (TPSA) is 78.3 Å². The van der Waals surface area contributed by atoms with Crippen LogP contribution in [0.15, 0.2) is 30.5 Å². The van der Waals surface area contributed by atoms with E-state index in [4.69, 9.17) is 28.2 Å². The lowest BCUT2D eigenvalue weighted by atomic mass is 10.0. The van der Waals surface area contributed by atoms with Gasteiger partial charge in [0.15, 0.2) is 0 Å². The number of ether oxygens (including phenoxy) is 1. The van der Waals surface area contributed by atoms with Crippen LogP contribution in [-0.2, 0) is 11.3 Å². The van der Waals surface area contributed by atoms with Gasteiger partial charge in [0, 0.05) is 43.1 Å². The second-order valence-corrected chi connectivity index (χ2v) is 7.97. The molecule has 0 saturated carbocycles. The van der Waals surface area contributed by atoms with Crippen molar-refractivity contribution in [1.82, 2.24) is 9.88 Å². The van der Waals surface area contributed by atoms with E-state index in [1.165, 1.54) is 11.8 Å². The van der Waals surface area contributed by atoms with Gasteiger partial charge < -0.3 is 15.5 Å². The molecule has 0 atom stereocenters. The van der Waals surface area contributed by atoms with Crippen LogP contribution in [0.2, 0.25) is 5.02 Å². The summed E-state index contributed by atoms with van der Waals surface area (Å²) in [6, 6.07) is 8.32. The number of benzene rings is 1. The molecule has 1 aromatic heterocycles. The third-order valence-corrected chi connectivity index (χ3v) is 5.73. The van der Waals surface area contributed by atoms with Crippen molar-refractivity contribution >= 4 is 29.1 Å². The second kappa shape index (κ2) is 13.0. The minimum absolute atomic E-state index is 0.182. The zero-order valence-corrected chi connectivity index (χ0v) is 20.6. The van der Waals surface area contributed by atoms with Gasteiger partial charge in [-0.3, -0.25) is 4.90 Å². The van der Waals surface area contributed by atoms with Crippen LogP contribution in [0.4, 0.5) is 5.82 Å². The zero-order chi connectivity index (χ0) is 24.4. The lowest BCUT2D eigenvalue weighted by Gasteiger charge is -2.33. The molecule has 6 nitrogen and oxygen atoms in total. The van der Waals surface area contributed by atoms with Gasteiger partial charge in [-0.05, 0) is 44.4 Å². The molecule has 1 aliphatic rings. The Bertz CT molecular complexity index is 991. The molecule has 3 rings (SSSR count). The number of halogens is 1. The highest BCUT2D eigenvalue weighted by atomic mass is 35.5. The number of pyridine rings is 1. The Balaban J connectivity index is 0.00000187. The highest BCUT2D eigenvalue weighted by molar-refractivity contribution is 6.37. The van der Waals surface area contributed by atoms with Crippen LogP contribution >= 0.6 is 11.6 Å². The quantitative estimate of drug-likeness (QED) is 0.324. The summed E-state index contributed by atoms with van der Waals surface area (Å²) in [7, 11) is 0. The molecule has 1 aliphatic heterocycles. The van der Waals surface area contributed by atoms with E-state index in [1.807, 2.05) is 26.0 Å². The average Bonchev–Trinajstić information content (AvgIpc) is 2.82. The fourth-order valence-electron chi connectivity index (χ4n) is 3.69. The second-order valence-electron chi connectivity index (χ2n) is 7.59. The van der Waals surface area contributed by atoms with E-state index in [2.05, 4.69) is 33.3 Å². The minimum atomic E-state index is -0.530. The molecule has 0 bridgehead atoms. The van der Waals surface area contributed by atoms with Crippen molar-refractivity contribution in [3.05, 3.63) is 57.7 Å². The van der Waals surface area contributed by atoms with Gasteiger partial charge in [-0.1, -0.05) is 43.5 Å². The summed E-state index contributed by atoms with van der Waals surface area (Å²) in [5, 5.41) is 11.8. The van der Waals surface area contributed by atoms with Crippen LogP contribution in [0.5, 0.6) is 0 Å². The number of rotatable bonds is 7. The van der Waals surface area contributed by atoms with Crippen molar-refractivity contribution in [2.24, 2.45) is 0 Å². The molecule has 0 amide bonds. The van der Waals surface area contributed by atoms with E-state index in [-0.39, 0.29) is 28.9 Å². The molecule has 0 unspecified atom stereocenters. The van der Waals surface area contributed by atoms with Gasteiger partial charge >= 0.3 is 5.97 Å². The molecule has 2 heterocycles. The van der Waals surface area contributed by atoms with Gasteiger partial charge in [0.1, 0.15) is 5.82 Å². The van der Waals surface area contributed by atoms with Gasteiger partial charge in [-0.15, -0.1) is 6.42 Å². The van der Waals surface area contributed by atoms with E-state index in [1.54, 1.807) is 13.8 Å². The number of esters is 1.